The molecule has 1 aromatic rings. The molecule has 1 heterocycles. The first-order valence-corrected chi connectivity index (χ1v) is 4.95. The number of aromatic nitrogens is 2. The van der Waals surface area contributed by atoms with Crippen LogP contribution in [-0.4, -0.2) is 27.9 Å². The van der Waals surface area contributed by atoms with Gasteiger partial charge < -0.3 is 4.74 Å². The Morgan fingerprint density at radius 1 is 1.46 bits per heavy atom. The molecule has 1 aromatic heterocycles. The zero-order chi connectivity index (χ0) is 9.52. The molecular weight excluding hydrogens is 236 g/mol. The van der Waals surface area contributed by atoms with Crippen LogP contribution < -0.4 is 0 Å². The molecule has 70 valence electrons. The summed E-state index contributed by atoms with van der Waals surface area (Å²) in [7, 11) is 0. The number of halogens is 1. The summed E-state index contributed by atoms with van der Waals surface area (Å²) in [6.45, 7) is 0.416. The van der Waals surface area contributed by atoms with Crippen LogP contribution in [0.4, 0.5) is 0 Å². The molecule has 0 spiro atoms. The van der Waals surface area contributed by atoms with Gasteiger partial charge in [-0.1, -0.05) is 15.9 Å². The van der Waals surface area contributed by atoms with Crippen molar-refractivity contribution in [3.8, 4) is 0 Å². The lowest BCUT2D eigenvalue weighted by atomic mass is 10.3. The second-order valence-electron chi connectivity index (χ2n) is 2.31. The van der Waals surface area contributed by atoms with Crippen molar-refractivity contribution in [1.82, 2.24) is 9.97 Å². The highest BCUT2D eigenvalue weighted by Crippen LogP contribution is 1.98. The molecule has 1 rings (SSSR count). The Morgan fingerprint density at radius 3 is 2.77 bits per heavy atom. The van der Waals surface area contributed by atoms with E-state index in [9.17, 15) is 4.79 Å². The van der Waals surface area contributed by atoms with Gasteiger partial charge in [0.25, 0.3) is 0 Å². The van der Waals surface area contributed by atoms with Gasteiger partial charge in [0.15, 0.2) is 0 Å². The standard InChI is InChI=1S/C8H9BrN2O2/c9-2-1-3-13-8(12)7-4-10-6-11-5-7/h4-6H,1-3H2. The monoisotopic (exact) mass is 244 g/mol. The van der Waals surface area contributed by atoms with Crippen molar-refractivity contribution < 1.29 is 9.53 Å². The maximum absolute atomic E-state index is 11.2. The van der Waals surface area contributed by atoms with E-state index in [0.717, 1.165) is 11.8 Å². The quantitative estimate of drug-likeness (QED) is 0.457. The maximum atomic E-state index is 11.2. The van der Waals surface area contributed by atoms with Crippen LogP contribution in [0, 0.1) is 0 Å². The first-order chi connectivity index (χ1) is 6.34. The van der Waals surface area contributed by atoms with Crippen LogP contribution >= 0.6 is 15.9 Å². The molecule has 0 radical (unpaired) electrons. The Kier molecular flexibility index (Phi) is 4.39. The van der Waals surface area contributed by atoms with Crippen LogP contribution in [0.25, 0.3) is 0 Å². The van der Waals surface area contributed by atoms with Gasteiger partial charge in [-0.05, 0) is 6.42 Å². The summed E-state index contributed by atoms with van der Waals surface area (Å²) in [6, 6.07) is 0. The van der Waals surface area contributed by atoms with Crippen LogP contribution in [0.5, 0.6) is 0 Å². The molecular formula is C8H9BrN2O2. The number of carbonyl (C=O) groups is 1. The van der Waals surface area contributed by atoms with Crippen LogP contribution in [-0.2, 0) is 4.74 Å². The smallest absolute Gasteiger partial charge is 0.341 e. The van der Waals surface area contributed by atoms with Crippen LogP contribution in [0.1, 0.15) is 16.8 Å². The van der Waals surface area contributed by atoms with E-state index >= 15 is 0 Å². The number of carbonyl (C=O) groups excluding carboxylic acids is 1. The minimum atomic E-state index is -0.374. The van der Waals surface area contributed by atoms with Crippen molar-refractivity contribution in [2.24, 2.45) is 0 Å². The van der Waals surface area contributed by atoms with Gasteiger partial charge in [-0.2, -0.15) is 0 Å². The molecule has 0 fully saturated rings. The van der Waals surface area contributed by atoms with Crippen molar-refractivity contribution in [3.05, 3.63) is 24.3 Å². The van der Waals surface area contributed by atoms with Crippen LogP contribution in [0.15, 0.2) is 18.7 Å². The highest BCUT2D eigenvalue weighted by atomic mass is 79.9. The number of nitrogens with zero attached hydrogens (tertiary/aromatic N) is 2. The molecule has 0 aliphatic rings. The summed E-state index contributed by atoms with van der Waals surface area (Å²) in [5.41, 5.74) is 0.386. The van der Waals surface area contributed by atoms with Gasteiger partial charge in [0.2, 0.25) is 0 Å². The summed E-state index contributed by atoms with van der Waals surface area (Å²) in [5.74, 6) is -0.374. The highest BCUT2D eigenvalue weighted by Gasteiger charge is 2.05. The van der Waals surface area contributed by atoms with Crippen molar-refractivity contribution >= 4 is 21.9 Å². The third kappa shape index (κ3) is 3.50. The summed E-state index contributed by atoms with van der Waals surface area (Å²) in [4.78, 5) is 18.6. The van der Waals surface area contributed by atoms with Crippen molar-refractivity contribution in [2.75, 3.05) is 11.9 Å². The lowest BCUT2D eigenvalue weighted by Gasteiger charge is -2.01. The zero-order valence-corrected chi connectivity index (χ0v) is 8.53. The number of esters is 1. The molecule has 0 saturated heterocycles. The molecule has 0 atom stereocenters. The average Bonchev–Trinajstić information content (AvgIpc) is 2.19. The number of rotatable bonds is 4. The fourth-order valence-electron chi connectivity index (χ4n) is 0.707. The van der Waals surface area contributed by atoms with Crippen molar-refractivity contribution in [1.29, 1.82) is 0 Å². The molecule has 0 aliphatic carbocycles. The van der Waals surface area contributed by atoms with Crippen LogP contribution in [0.3, 0.4) is 0 Å². The van der Waals surface area contributed by atoms with Crippen molar-refractivity contribution in [3.63, 3.8) is 0 Å². The molecule has 0 N–H and O–H groups in total. The van der Waals surface area contributed by atoms with Gasteiger partial charge in [-0.25, -0.2) is 14.8 Å². The molecule has 0 amide bonds. The van der Waals surface area contributed by atoms with Crippen molar-refractivity contribution in [2.45, 2.75) is 6.42 Å². The van der Waals surface area contributed by atoms with Gasteiger partial charge in [0, 0.05) is 17.7 Å². The van der Waals surface area contributed by atoms with E-state index in [1.807, 2.05) is 0 Å². The van der Waals surface area contributed by atoms with Gasteiger partial charge in [0.05, 0.1) is 12.2 Å². The number of alkyl halides is 1. The zero-order valence-electron chi connectivity index (χ0n) is 6.94. The molecule has 0 aromatic carbocycles. The van der Waals surface area contributed by atoms with E-state index in [0.29, 0.717) is 12.2 Å². The lowest BCUT2D eigenvalue weighted by molar-refractivity contribution is 0.0505. The molecule has 4 nitrogen and oxygen atoms in total. The van der Waals surface area contributed by atoms with E-state index in [4.69, 9.17) is 4.74 Å². The predicted molar refractivity (Wildman–Crippen MR) is 50.7 cm³/mol. The second kappa shape index (κ2) is 5.64. The summed E-state index contributed by atoms with van der Waals surface area (Å²) in [6.07, 6.45) is 5.04. The highest BCUT2D eigenvalue weighted by molar-refractivity contribution is 9.09. The number of hydrogen-bond donors (Lipinski definition) is 0. The Labute approximate surface area is 84.5 Å². The summed E-state index contributed by atoms with van der Waals surface area (Å²) >= 11 is 3.24. The molecule has 0 unspecified atom stereocenters. The SMILES string of the molecule is O=C(OCCCBr)c1cncnc1. The Hall–Kier alpha value is -0.970. The van der Waals surface area contributed by atoms with E-state index in [-0.39, 0.29) is 5.97 Å². The Morgan fingerprint density at radius 2 is 2.15 bits per heavy atom. The van der Waals surface area contributed by atoms with Crippen LogP contribution in [0.2, 0.25) is 0 Å². The normalized spacial score (nSPS) is 9.62. The fourth-order valence-corrected chi connectivity index (χ4v) is 0.936. The molecule has 0 bridgehead atoms. The second-order valence-corrected chi connectivity index (χ2v) is 3.10. The summed E-state index contributed by atoms with van der Waals surface area (Å²) in [5, 5.41) is 0.825. The maximum Gasteiger partial charge on any atom is 0.341 e. The van der Waals surface area contributed by atoms with E-state index in [1.165, 1.54) is 18.7 Å². The first-order valence-electron chi connectivity index (χ1n) is 3.82. The van der Waals surface area contributed by atoms with E-state index in [2.05, 4.69) is 25.9 Å². The topological polar surface area (TPSA) is 52.1 Å². The minimum Gasteiger partial charge on any atom is -0.462 e. The van der Waals surface area contributed by atoms with Gasteiger partial charge in [-0.15, -0.1) is 0 Å². The first kappa shape index (κ1) is 10.1. The molecule has 13 heavy (non-hydrogen) atoms. The third-order valence-corrected chi connectivity index (χ3v) is 1.87. The van der Waals surface area contributed by atoms with Gasteiger partial charge in [0.1, 0.15) is 6.33 Å². The van der Waals surface area contributed by atoms with Gasteiger partial charge in [-0.3, -0.25) is 0 Å². The molecule has 0 aliphatic heterocycles. The lowest BCUT2D eigenvalue weighted by Crippen LogP contribution is -2.07. The number of ether oxygens (including phenoxy) is 1. The Bertz CT molecular complexity index is 266. The van der Waals surface area contributed by atoms with E-state index < -0.39 is 0 Å². The van der Waals surface area contributed by atoms with Gasteiger partial charge >= 0.3 is 5.97 Å². The Balaban J connectivity index is 2.40. The fraction of sp³-hybridized carbons (Fsp3) is 0.375. The molecule has 0 saturated carbocycles. The van der Waals surface area contributed by atoms with E-state index in [1.54, 1.807) is 0 Å². The largest absolute Gasteiger partial charge is 0.462 e. The molecule has 5 heteroatoms. The number of hydrogen-bond acceptors (Lipinski definition) is 4. The third-order valence-electron chi connectivity index (χ3n) is 1.31. The summed E-state index contributed by atoms with van der Waals surface area (Å²) < 4.78 is 4.92. The average molecular weight is 245 g/mol. The minimum absolute atomic E-state index is 0.374. The predicted octanol–water partition coefficient (Wildman–Crippen LogP) is 1.42.